The van der Waals surface area contributed by atoms with Crippen LogP contribution in [0.25, 0.3) is 0 Å². The van der Waals surface area contributed by atoms with Crippen LogP contribution in [0, 0.1) is 0 Å². The van der Waals surface area contributed by atoms with Gasteiger partial charge in [-0.3, -0.25) is 0 Å². The van der Waals surface area contributed by atoms with Crippen molar-refractivity contribution in [2.45, 2.75) is 13.0 Å². The smallest absolute Gasteiger partial charge is 0.387 e. The fourth-order valence-corrected chi connectivity index (χ4v) is 1.67. The van der Waals surface area contributed by atoms with E-state index in [2.05, 4.69) is 4.74 Å². The number of phenolic OH excluding ortho intramolecular Hbond substituents is 1. The van der Waals surface area contributed by atoms with Crippen LogP contribution < -0.4 is 4.74 Å². The molecule has 0 radical (unpaired) electrons. The standard InChI is InChI=1S/C14H12F2O2/c15-14(16)18-12-7-5-10(6-8-12)9-11-3-1-2-4-13(11)17/h1-8,14,17H,9H2. The maximum Gasteiger partial charge on any atom is 0.387 e. The quantitative estimate of drug-likeness (QED) is 0.898. The zero-order chi connectivity index (χ0) is 13.0. The molecule has 0 unspecified atom stereocenters. The second kappa shape index (κ2) is 5.49. The van der Waals surface area contributed by atoms with Gasteiger partial charge in [0.15, 0.2) is 0 Å². The first-order valence-electron chi connectivity index (χ1n) is 5.46. The number of alkyl halides is 2. The third-order valence-electron chi connectivity index (χ3n) is 2.53. The predicted octanol–water partition coefficient (Wildman–Crippen LogP) is 3.58. The number of phenols is 1. The lowest BCUT2D eigenvalue weighted by molar-refractivity contribution is -0.0498. The number of rotatable bonds is 4. The molecule has 0 bridgehead atoms. The molecule has 0 aromatic heterocycles. The molecule has 0 saturated heterocycles. The fraction of sp³-hybridized carbons (Fsp3) is 0.143. The van der Waals surface area contributed by atoms with Gasteiger partial charge >= 0.3 is 6.61 Å². The largest absolute Gasteiger partial charge is 0.508 e. The van der Waals surface area contributed by atoms with Gasteiger partial charge in [-0.05, 0) is 29.3 Å². The van der Waals surface area contributed by atoms with Crippen molar-refractivity contribution in [2.24, 2.45) is 0 Å². The van der Waals surface area contributed by atoms with Gasteiger partial charge in [0.2, 0.25) is 0 Å². The number of aromatic hydroxyl groups is 1. The molecule has 0 spiro atoms. The van der Waals surface area contributed by atoms with Crippen LogP contribution in [-0.4, -0.2) is 11.7 Å². The maximum atomic E-state index is 12.0. The third-order valence-corrected chi connectivity index (χ3v) is 2.53. The van der Waals surface area contributed by atoms with E-state index in [0.29, 0.717) is 6.42 Å². The van der Waals surface area contributed by atoms with E-state index in [1.807, 2.05) is 12.1 Å². The Labute approximate surface area is 103 Å². The van der Waals surface area contributed by atoms with Crippen molar-refractivity contribution >= 4 is 0 Å². The Morgan fingerprint density at radius 1 is 1.00 bits per heavy atom. The van der Waals surface area contributed by atoms with Crippen LogP contribution in [0.5, 0.6) is 11.5 Å². The van der Waals surface area contributed by atoms with Crippen LogP contribution >= 0.6 is 0 Å². The first-order valence-corrected chi connectivity index (χ1v) is 5.46. The van der Waals surface area contributed by atoms with E-state index in [-0.39, 0.29) is 11.5 Å². The first-order chi connectivity index (χ1) is 8.65. The average Bonchev–Trinajstić information content (AvgIpc) is 2.34. The molecule has 0 fully saturated rings. The summed E-state index contributed by atoms with van der Waals surface area (Å²) in [4.78, 5) is 0. The molecule has 1 N–H and O–H groups in total. The summed E-state index contributed by atoms with van der Waals surface area (Å²) in [5, 5.41) is 9.62. The van der Waals surface area contributed by atoms with Gasteiger partial charge in [0, 0.05) is 6.42 Å². The summed E-state index contributed by atoms with van der Waals surface area (Å²) in [5.41, 5.74) is 1.71. The molecule has 2 nitrogen and oxygen atoms in total. The van der Waals surface area contributed by atoms with E-state index >= 15 is 0 Å². The second-order valence-corrected chi connectivity index (χ2v) is 3.83. The SMILES string of the molecule is Oc1ccccc1Cc1ccc(OC(F)F)cc1. The summed E-state index contributed by atoms with van der Waals surface area (Å²) in [6.45, 7) is -2.81. The van der Waals surface area contributed by atoms with E-state index in [9.17, 15) is 13.9 Å². The van der Waals surface area contributed by atoms with E-state index in [1.54, 1.807) is 24.3 Å². The molecule has 2 aromatic carbocycles. The minimum Gasteiger partial charge on any atom is -0.508 e. The lowest BCUT2D eigenvalue weighted by Gasteiger charge is -2.07. The fourth-order valence-electron chi connectivity index (χ4n) is 1.67. The van der Waals surface area contributed by atoms with E-state index in [1.165, 1.54) is 12.1 Å². The molecule has 2 aromatic rings. The molecule has 0 aliphatic heterocycles. The predicted molar refractivity (Wildman–Crippen MR) is 64.0 cm³/mol. The highest BCUT2D eigenvalue weighted by molar-refractivity contribution is 5.37. The van der Waals surface area contributed by atoms with Crippen LogP contribution in [-0.2, 0) is 6.42 Å². The number of benzene rings is 2. The van der Waals surface area contributed by atoms with E-state index in [0.717, 1.165) is 11.1 Å². The summed E-state index contributed by atoms with van der Waals surface area (Å²) >= 11 is 0. The molecule has 0 aliphatic rings. The molecule has 0 heterocycles. The summed E-state index contributed by atoms with van der Waals surface area (Å²) in [6, 6.07) is 13.4. The van der Waals surface area contributed by atoms with Crippen LogP contribution in [0.1, 0.15) is 11.1 Å². The molecule has 4 heteroatoms. The van der Waals surface area contributed by atoms with E-state index in [4.69, 9.17) is 0 Å². The number of halogens is 2. The first kappa shape index (κ1) is 12.4. The van der Waals surface area contributed by atoms with Crippen molar-refractivity contribution in [2.75, 3.05) is 0 Å². The molecule has 94 valence electrons. The Balaban J connectivity index is 2.09. The summed E-state index contributed by atoms with van der Waals surface area (Å²) in [6.07, 6.45) is 0.543. The highest BCUT2D eigenvalue weighted by Crippen LogP contribution is 2.21. The van der Waals surface area contributed by atoms with Gasteiger partial charge in [0.1, 0.15) is 11.5 Å². The number of ether oxygens (including phenoxy) is 1. The van der Waals surface area contributed by atoms with Crippen LogP contribution in [0.2, 0.25) is 0 Å². The lowest BCUT2D eigenvalue weighted by atomic mass is 10.0. The Kier molecular flexibility index (Phi) is 3.77. The number of para-hydroxylation sites is 1. The molecule has 18 heavy (non-hydrogen) atoms. The summed E-state index contributed by atoms with van der Waals surface area (Å²) < 4.78 is 28.2. The molecule has 2 rings (SSSR count). The molecule has 0 aliphatic carbocycles. The summed E-state index contributed by atoms with van der Waals surface area (Å²) in [5.74, 6) is 0.358. The average molecular weight is 250 g/mol. The molecular weight excluding hydrogens is 238 g/mol. The zero-order valence-corrected chi connectivity index (χ0v) is 9.51. The van der Waals surface area contributed by atoms with Gasteiger partial charge in [-0.1, -0.05) is 30.3 Å². The van der Waals surface area contributed by atoms with Crippen molar-refractivity contribution in [3.63, 3.8) is 0 Å². The number of hydrogen-bond acceptors (Lipinski definition) is 2. The van der Waals surface area contributed by atoms with Crippen molar-refractivity contribution < 1.29 is 18.6 Å². The Hall–Kier alpha value is -2.10. The van der Waals surface area contributed by atoms with Gasteiger partial charge in [0.25, 0.3) is 0 Å². The topological polar surface area (TPSA) is 29.5 Å². The highest BCUT2D eigenvalue weighted by Gasteiger charge is 2.05. The van der Waals surface area contributed by atoms with Gasteiger partial charge < -0.3 is 9.84 Å². The second-order valence-electron chi connectivity index (χ2n) is 3.83. The maximum absolute atomic E-state index is 12.0. The molecular formula is C14H12F2O2. The minimum atomic E-state index is -2.81. The van der Waals surface area contributed by atoms with Gasteiger partial charge in [-0.15, -0.1) is 0 Å². The summed E-state index contributed by atoms with van der Waals surface area (Å²) in [7, 11) is 0. The molecule has 0 atom stereocenters. The van der Waals surface area contributed by atoms with Gasteiger partial charge in [-0.25, -0.2) is 0 Å². The van der Waals surface area contributed by atoms with Crippen LogP contribution in [0.15, 0.2) is 48.5 Å². The van der Waals surface area contributed by atoms with Crippen LogP contribution in [0.3, 0.4) is 0 Å². The van der Waals surface area contributed by atoms with Crippen molar-refractivity contribution in [3.05, 3.63) is 59.7 Å². The molecule has 0 saturated carbocycles. The Bertz CT molecular complexity index is 509. The highest BCUT2D eigenvalue weighted by atomic mass is 19.3. The van der Waals surface area contributed by atoms with Crippen LogP contribution in [0.4, 0.5) is 8.78 Å². The van der Waals surface area contributed by atoms with Crippen molar-refractivity contribution in [1.82, 2.24) is 0 Å². The Morgan fingerprint density at radius 2 is 1.67 bits per heavy atom. The number of hydrogen-bond donors (Lipinski definition) is 1. The van der Waals surface area contributed by atoms with E-state index < -0.39 is 6.61 Å². The zero-order valence-electron chi connectivity index (χ0n) is 9.51. The molecule has 0 amide bonds. The van der Waals surface area contributed by atoms with Gasteiger partial charge in [0.05, 0.1) is 0 Å². The van der Waals surface area contributed by atoms with Gasteiger partial charge in [-0.2, -0.15) is 8.78 Å². The third kappa shape index (κ3) is 3.20. The lowest BCUT2D eigenvalue weighted by Crippen LogP contribution is -2.01. The van der Waals surface area contributed by atoms with Crippen molar-refractivity contribution in [1.29, 1.82) is 0 Å². The normalized spacial score (nSPS) is 10.6. The monoisotopic (exact) mass is 250 g/mol. The Morgan fingerprint density at radius 3 is 2.28 bits per heavy atom. The van der Waals surface area contributed by atoms with Crippen molar-refractivity contribution in [3.8, 4) is 11.5 Å². The minimum absolute atomic E-state index is 0.131.